The molecule has 0 atom stereocenters. The molecule has 1 amide bonds. The fourth-order valence-electron chi connectivity index (χ4n) is 1.42. The summed E-state index contributed by atoms with van der Waals surface area (Å²) in [7, 11) is 1.52. The number of H-pyrrole nitrogens is 1. The molecule has 0 aromatic carbocycles. The van der Waals surface area contributed by atoms with Gasteiger partial charge in [0, 0.05) is 13.2 Å². The van der Waals surface area contributed by atoms with Crippen molar-refractivity contribution in [1.29, 1.82) is 0 Å². The van der Waals surface area contributed by atoms with E-state index in [4.69, 9.17) is 4.74 Å². The highest BCUT2D eigenvalue weighted by Crippen LogP contribution is 1.92. The van der Waals surface area contributed by atoms with Gasteiger partial charge in [0.15, 0.2) is 5.82 Å². The van der Waals surface area contributed by atoms with Crippen LogP contribution in [0.25, 0.3) is 0 Å². The molecule has 10 nitrogen and oxygen atoms in total. The Morgan fingerprint density at radius 2 is 2.35 bits per heavy atom. The Hall–Kier alpha value is -2.62. The molecule has 2 rings (SSSR count). The SMILES string of the molecule is COCCn1nc(C(=O)NCc2nn[nH]n2)ccc1=O. The van der Waals surface area contributed by atoms with E-state index in [-0.39, 0.29) is 24.3 Å². The molecule has 20 heavy (non-hydrogen) atoms. The summed E-state index contributed by atoms with van der Waals surface area (Å²) in [5, 5.41) is 19.6. The molecule has 2 aromatic heterocycles. The van der Waals surface area contributed by atoms with Crippen LogP contribution in [-0.4, -0.2) is 50.0 Å². The topological polar surface area (TPSA) is 128 Å². The number of nitrogens with zero attached hydrogens (tertiary/aromatic N) is 5. The van der Waals surface area contributed by atoms with Crippen molar-refractivity contribution < 1.29 is 9.53 Å². The van der Waals surface area contributed by atoms with Gasteiger partial charge in [-0.3, -0.25) is 9.59 Å². The zero-order chi connectivity index (χ0) is 14.4. The maximum atomic E-state index is 11.9. The van der Waals surface area contributed by atoms with Gasteiger partial charge in [-0.2, -0.15) is 10.3 Å². The molecule has 0 aliphatic rings. The van der Waals surface area contributed by atoms with Crippen LogP contribution >= 0.6 is 0 Å². The maximum Gasteiger partial charge on any atom is 0.272 e. The Balaban J connectivity index is 2.03. The van der Waals surface area contributed by atoms with Crippen LogP contribution in [0.2, 0.25) is 0 Å². The van der Waals surface area contributed by atoms with E-state index in [2.05, 4.69) is 31.0 Å². The van der Waals surface area contributed by atoms with Crippen LogP contribution in [0.5, 0.6) is 0 Å². The minimum absolute atomic E-state index is 0.119. The second-order valence-electron chi connectivity index (χ2n) is 3.78. The molecule has 106 valence electrons. The fourth-order valence-corrected chi connectivity index (χ4v) is 1.42. The molecule has 0 bridgehead atoms. The number of nitrogens with one attached hydrogen (secondary N) is 2. The van der Waals surface area contributed by atoms with Crippen molar-refractivity contribution in [2.45, 2.75) is 13.1 Å². The summed E-state index contributed by atoms with van der Waals surface area (Å²) in [5.41, 5.74) is -0.166. The van der Waals surface area contributed by atoms with Crippen molar-refractivity contribution in [2.75, 3.05) is 13.7 Å². The first-order chi connectivity index (χ1) is 9.70. The van der Waals surface area contributed by atoms with Gasteiger partial charge >= 0.3 is 0 Å². The van der Waals surface area contributed by atoms with Gasteiger partial charge in [-0.05, 0) is 6.07 Å². The normalized spacial score (nSPS) is 10.4. The van der Waals surface area contributed by atoms with Gasteiger partial charge in [-0.1, -0.05) is 5.21 Å². The van der Waals surface area contributed by atoms with Gasteiger partial charge in [-0.15, -0.1) is 10.2 Å². The minimum Gasteiger partial charge on any atom is -0.383 e. The molecule has 0 unspecified atom stereocenters. The molecule has 0 radical (unpaired) electrons. The lowest BCUT2D eigenvalue weighted by Crippen LogP contribution is -2.30. The summed E-state index contributed by atoms with van der Waals surface area (Å²) >= 11 is 0. The van der Waals surface area contributed by atoms with E-state index in [1.54, 1.807) is 0 Å². The molecule has 0 aliphatic heterocycles. The van der Waals surface area contributed by atoms with Crippen molar-refractivity contribution >= 4 is 5.91 Å². The van der Waals surface area contributed by atoms with E-state index >= 15 is 0 Å². The molecule has 2 N–H and O–H groups in total. The van der Waals surface area contributed by atoms with Gasteiger partial charge < -0.3 is 10.1 Å². The van der Waals surface area contributed by atoms with Crippen molar-refractivity contribution in [1.82, 2.24) is 35.7 Å². The third-order valence-electron chi connectivity index (χ3n) is 2.40. The highest BCUT2D eigenvalue weighted by atomic mass is 16.5. The molecule has 0 fully saturated rings. The number of rotatable bonds is 6. The van der Waals surface area contributed by atoms with Gasteiger partial charge in [0.2, 0.25) is 0 Å². The van der Waals surface area contributed by atoms with E-state index in [1.807, 2.05) is 0 Å². The number of carbonyl (C=O) groups is 1. The third kappa shape index (κ3) is 3.45. The average Bonchev–Trinajstić information content (AvgIpc) is 2.97. The summed E-state index contributed by atoms with van der Waals surface area (Å²) in [6.07, 6.45) is 0. The van der Waals surface area contributed by atoms with E-state index in [0.717, 1.165) is 0 Å². The monoisotopic (exact) mass is 279 g/mol. The van der Waals surface area contributed by atoms with Crippen LogP contribution in [0.15, 0.2) is 16.9 Å². The zero-order valence-corrected chi connectivity index (χ0v) is 10.7. The first-order valence-corrected chi connectivity index (χ1v) is 5.78. The second kappa shape index (κ2) is 6.52. The van der Waals surface area contributed by atoms with E-state index in [1.165, 1.54) is 23.9 Å². The summed E-state index contributed by atoms with van der Waals surface area (Å²) in [6.45, 7) is 0.732. The fraction of sp³-hybridized carbons (Fsp3) is 0.400. The Morgan fingerprint density at radius 1 is 1.50 bits per heavy atom. The number of hydrogen-bond acceptors (Lipinski definition) is 7. The quantitative estimate of drug-likeness (QED) is 0.647. The van der Waals surface area contributed by atoms with Gasteiger partial charge in [0.1, 0.15) is 5.69 Å². The van der Waals surface area contributed by atoms with E-state index in [9.17, 15) is 9.59 Å². The Morgan fingerprint density at radius 3 is 3.05 bits per heavy atom. The summed E-state index contributed by atoms with van der Waals surface area (Å²) in [6, 6.07) is 2.64. The lowest BCUT2D eigenvalue weighted by Gasteiger charge is -2.06. The number of tetrazole rings is 1. The summed E-state index contributed by atoms with van der Waals surface area (Å²) in [5.74, 6) is -0.0768. The van der Waals surface area contributed by atoms with Crippen LogP contribution in [0, 0.1) is 0 Å². The number of aromatic nitrogens is 6. The number of hydrogen-bond donors (Lipinski definition) is 2. The van der Waals surface area contributed by atoms with Crippen molar-refractivity contribution in [2.24, 2.45) is 0 Å². The summed E-state index contributed by atoms with van der Waals surface area (Å²) in [4.78, 5) is 23.4. The third-order valence-corrected chi connectivity index (χ3v) is 2.40. The van der Waals surface area contributed by atoms with Gasteiger partial charge in [0.25, 0.3) is 11.5 Å². The first kappa shape index (κ1) is 13.8. The maximum absolute atomic E-state index is 11.9. The van der Waals surface area contributed by atoms with E-state index < -0.39 is 5.91 Å². The number of ether oxygens (including phenoxy) is 1. The number of methoxy groups -OCH3 is 1. The number of carbonyl (C=O) groups excluding carboxylic acids is 1. The largest absolute Gasteiger partial charge is 0.383 e. The Kier molecular flexibility index (Phi) is 4.50. The molecule has 0 saturated carbocycles. The van der Waals surface area contributed by atoms with Crippen LogP contribution < -0.4 is 10.9 Å². The van der Waals surface area contributed by atoms with Gasteiger partial charge in [-0.25, -0.2) is 4.68 Å². The second-order valence-corrected chi connectivity index (χ2v) is 3.78. The lowest BCUT2D eigenvalue weighted by atomic mass is 10.3. The number of aromatic amines is 1. The lowest BCUT2D eigenvalue weighted by molar-refractivity contribution is 0.0941. The molecule has 0 saturated heterocycles. The summed E-state index contributed by atoms with van der Waals surface area (Å²) < 4.78 is 6.04. The predicted octanol–water partition coefficient (Wildman–Crippen LogP) is -1.67. The molecular weight excluding hydrogens is 266 g/mol. The average molecular weight is 279 g/mol. The Labute approximate surface area is 113 Å². The molecule has 0 spiro atoms. The zero-order valence-electron chi connectivity index (χ0n) is 10.7. The van der Waals surface area contributed by atoms with Crippen molar-refractivity contribution in [3.8, 4) is 0 Å². The molecule has 2 heterocycles. The van der Waals surface area contributed by atoms with Crippen LogP contribution in [0.3, 0.4) is 0 Å². The van der Waals surface area contributed by atoms with Crippen molar-refractivity contribution in [3.63, 3.8) is 0 Å². The number of amides is 1. The highest BCUT2D eigenvalue weighted by Gasteiger charge is 2.10. The van der Waals surface area contributed by atoms with Crippen LogP contribution in [-0.2, 0) is 17.8 Å². The highest BCUT2D eigenvalue weighted by molar-refractivity contribution is 5.91. The van der Waals surface area contributed by atoms with Crippen LogP contribution in [0.4, 0.5) is 0 Å². The smallest absolute Gasteiger partial charge is 0.272 e. The molecular formula is C10H13N7O3. The van der Waals surface area contributed by atoms with Crippen LogP contribution in [0.1, 0.15) is 16.3 Å². The Bertz CT molecular complexity index is 622. The minimum atomic E-state index is -0.430. The van der Waals surface area contributed by atoms with Gasteiger partial charge in [0.05, 0.1) is 19.7 Å². The standard InChI is InChI=1S/C10H13N7O3/c1-20-5-4-17-9(18)3-2-7(14-17)10(19)11-6-8-12-15-16-13-8/h2-3H,4-6H2,1H3,(H,11,19)(H,12,13,15,16). The van der Waals surface area contributed by atoms with E-state index in [0.29, 0.717) is 12.4 Å². The molecule has 2 aromatic rings. The predicted molar refractivity (Wildman–Crippen MR) is 65.7 cm³/mol. The molecule has 0 aliphatic carbocycles. The molecule has 10 heteroatoms. The van der Waals surface area contributed by atoms with Crippen molar-refractivity contribution in [3.05, 3.63) is 34.0 Å². The first-order valence-electron chi connectivity index (χ1n) is 5.78.